The largest absolute Gasteiger partial charge is 0.303 e. The number of aldehydes is 1. The van der Waals surface area contributed by atoms with E-state index in [0.717, 1.165) is 25.5 Å². The van der Waals surface area contributed by atoms with Crippen LogP contribution in [-0.4, -0.2) is 6.29 Å². The van der Waals surface area contributed by atoms with E-state index in [9.17, 15) is 4.79 Å². The first kappa shape index (κ1) is 8.67. The maximum atomic E-state index is 10.5. The van der Waals surface area contributed by atoms with Gasteiger partial charge in [0.1, 0.15) is 6.29 Å². The summed E-state index contributed by atoms with van der Waals surface area (Å²) < 4.78 is 0. The zero-order valence-electron chi connectivity index (χ0n) is 6.61. The van der Waals surface area contributed by atoms with Gasteiger partial charge in [-0.3, -0.25) is 0 Å². The number of rotatable bonds is 4. The van der Waals surface area contributed by atoms with E-state index in [4.69, 9.17) is 0 Å². The zero-order valence-corrected chi connectivity index (χ0v) is 6.61. The third-order valence-electron chi connectivity index (χ3n) is 2.36. The van der Waals surface area contributed by atoms with E-state index in [1.165, 1.54) is 0 Å². The van der Waals surface area contributed by atoms with Crippen molar-refractivity contribution in [3.63, 3.8) is 0 Å². The number of hydrogen-bond donors (Lipinski definition) is 0. The third kappa shape index (κ3) is 1.81. The van der Waals surface area contributed by atoms with Crippen molar-refractivity contribution in [3.8, 4) is 0 Å². The highest BCUT2D eigenvalue weighted by molar-refractivity contribution is 5.58. The molecule has 0 bridgehead atoms. The van der Waals surface area contributed by atoms with Gasteiger partial charge in [0.25, 0.3) is 0 Å². The normalized spacial score (nSPS) is 11.4. The molecule has 0 aliphatic heterocycles. The molecule has 0 spiro atoms. The molecule has 54 valence electrons. The molecule has 9 heavy (non-hydrogen) atoms. The number of hydrogen-bond acceptors (Lipinski definition) is 1. The fourth-order valence-electron chi connectivity index (χ4n) is 1.00. The fraction of sp³-hybridized carbons (Fsp3) is 0.875. The van der Waals surface area contributed by atoms with Crippen LogP contribution in [-0.2, 0) is 4.79 Å². The second-order valence-corrected chi connectivity index (χ2v) is 2.54. The van der Waals surface area contributed by atoms with Crippen LogP contribution in [0.2, 0.25) is 0 Å². The zero-order chi connectivity index (χ0) is 7.33. The Morgan fingerprint density at radius 3 is 1.44 bits per heavy atom. The summed E-state index contributed by atoms with van der Waals surface area (Å²) >= 11 is 0. The molecule has 0 saturated heterocycles. The van der Waals surface area contributed by atoms with E-state index in [-0.39, 0.29) is 5.41 Å². The third-order valence-corrected chi connectivity index (χ3v) is 2.36. The highest BCUT2D eigenvalue weighted by Gasteiger charge is 2.21. The summed E-state index contributed by atoms with van der Waals surface area (Å²) in [7, 11) is 0. The molecule has 0 aliphatic rings. The molecule has 0 atom stereocenters. The lowest BCUT2D eigenvalue weighted by Crippen LogP contribution is -2.18. The molecule has 0 amide bonds. The molecule has 0 saturated carbocycles. The van der Waals surface area contributed by atoms with Crippen molar-refractivity contribution in [1.29, 1.82) is 0 Å². The molecule has 0 aromatic carbocycles. The Balaban J connectivity index is 3.98. The van der Waals surface area contributed by atoms with Gasteiger partial charge in [0.05, 0.1) is 0 Å². The highest BCUT2D eigenvalue weighted by Crippen LogP contribution is 2.26. The summed E-state index contributed by atoms with van der Waals surface area (Å²) in [5, 5.41) is 0. The van der Waals surface area contributed by atoms with Gasteiger partial charge in [-0.2, -0.15) is 0 Å². The lowest BCUT2D eigenvalue weighted by Gasteiger charge is -2.21. The maximum Gasteiger partial charge on any atom is 0.126 e. The van der Waals surface area contributed by atoms with Crippen molar-refractivity contribution < 1.29 is 4.79 Å². The molecule has 0 aromatic rings. The highest BCUT2D eigenvalue weighted by atomic mass is 16.1. The van der Waals surface area contributed by atoms with E-state index in [2.05, 4.69) is 20.8 Å². The molecule has 0 aliphatic carbocycles. The van der Waals surface area contributed by atoms with Gasteiger partial charge in [0.2, 0.25) is 0 Å². The predicted octanol–water partition coefficient (Wildman–Crippen LogP) is 2.40. The molecule has 0 unspecified atom stereocenters. The molecular formula is C8H16O. The SMILES string of the molecule is CCC(C=O)(CC)CC. The molecule has 0 radical (unpaired) electrons. The molecule has 0 fully saturated rings. The van der Waals surface area contributed by atoms with Gasteiger partial charge in [-0.05, 0) is 19.3 Å². The Morgan fingerprint density at radius 1 is 1.11 bits per heavy atom. The minimum absolute atomic E-state index is 0.0139. The van der Waals surface area contributed by atoms with Crippen LogP contribution in [0.5, 0.6) is 0 Å². The van der Waals surface area contributed by atoms with Crippen molar-refractivity contribution in [3.05, 3.63) is 0 Å². The summed E-state index contributed by atoms with van der Waals surface area (Å²) in [5.74, 6) is 0. The van der Waals surface area contributed by atoms with Crippen molar-refractivity contribution >= 4 is 6.29 Å². The van der Waals surface area contributed by atoms with Crippen LogP contribution >= 0.6 is 0 Å². The topological polar surface area (TPSA) is 17.1 Å². The molecule has 0 heterocycles. The molecule has 0 aromatic heterocycles. The predicted molar refractivity (Wildman–Crippen MR) is 39.4 cm³/mol. The van der Waals surface area contributed by atoms with E-state index in [1.807, 2.05) is 0 Å². The van der Waals surface area contributed by atoms with E-state index >= 15 is 0 Å². The lowest BCUT2D eigenvalue weighted by atomic mass is 9.82. The molecule has 1 nitrogen and oxygen atoms in total. The Morgan fingerprint density at radius 2 is 1.44 bits per heavy atom. The summed E-state index contributed by atoms with van der Waals surface area (Å²) in [6.45, 7) is 6.21. The Bertz CT molecular complexity index is 74.3. The molecular weight excluding hydrogens is 112 g/mol. The fourth-order valence-corrected chi connectivity index (χ4v) is 1.00. The number of carbonyl (C=O) groups is 1. The monoisotopic (exact) mass is 128 g/mol. The lowest BCUT2D eigenvalue weighted by molar-refractivity contribution is -0.116. The van der Waals surface area contributed by atoms with E-state index < -0.39 is 0 Å². The molecule has 0 N–H and O–H groups in total. The first-order chi connectivity index (χ1) is 4.24. The van der Waals surface area contributed by atoms with Crippen LogP contribution in [0.3, 0.4) is 0 Å². The van der Waals surface area contributed by atoms with Crippen molar-refractivity contribution in [2.24, 2.45) is 5.41 Å². The summed E-state index contributed by atoms with van der Waals surface area (Å²) in [6, 6.07) is 0. The second kappa shape index (κ2) is 3.65. The Labute approximate surface area is 57.5 Å². The summed E-state index contributed by atoms with van der Waals surface area (Å²) in [6.07, 6.45) is 4.03. The van der Waals surface area contributed by atoms with Gasteiger partial charge in [0, 0.05) is 5.41 Å². The molecule has 1 heteroatoms. The first-order valence-electron chi connectivity index (χ1n) is 3.71. The Hall–Kier alpha value is -0.330. The molecule has 0 rings (SSSR count). The van der Waals surface area contributed by atoms with Crippen LogP contribution < -0.4 is 0 Å². The summed E-state index contributed by atoms with van der Waals surface area (Å²) in [4.78, 5) is 10.5. The number of carbonyl (C=O) groups excluding carboxylic acids is 1. The van der Waals surface area contributed by atoms with Crippen LogP contribution in [0, 0.1) is 5.41 Å². The van der Waals surface area contributed by atoms with E-state index in [0.29, 0.717) is 0 Å². The quantitative estimate of drug-likeness (QED) is 0.531. The summed E-state index contributed by atoms with van der Waals surface area (Å²) in [5.41, 5.74) is -0.0139. The minimum atomic E-state index is -0.0139. The van der Waals surface area contributed by atoms with Crippen molar-refractivity contribution in [1.82, 2.24) is 0 Å². The standard InChI is InChI=1S/C8H16O/c1-4-8(5-2,6-3)7-9/h7H,4-6H2,1-3H3. The minimum Gasteiger partial charge on any atom is -0.303 e. The van der Waals surface area contributed by atoms with Gasteiger partial charge in [-0.15, -0.1) is 0 Å². The van der Waals surface area contributed by atoms with Gasteiger partial charge in [0.15, 0.2) is 0 Å². The average molecular weight is 128 g/mol. The van der Waals surface area contributed by atoms with Gasteiger partial charge < -0.3 is 4.79 Å². The van der Waals surface area contributed by atoms with Crippen LogP contribution in [0.1, 0.15) is 40.0 Å². The van der Waals surface area contributed by atoms with Crippen molar-refractivity contribution in [2.75, 3.05) is 0 Å². The van der Waals surface area contributed by atoms with Crippen molar-refractivity contribution in [2.45, 2.75) is 40.0 Å². The average Bonchev–Trinajstić information content (AvgIpc) is 1.95. The smallest absolute Gasteiger partial charge is 0.126 e. The maximum absolute atomic E-state index is 10.5. The van der Waals surface area contributed by atoms with Gasteiger partial charge in [-0.25, -0.2) is 0 Å². The Kier molecular flexibility index (Phi) is 3.52. The second-order valence-electron chi connectivity index (χ2n) is 2.54. The van der Waals surface area contributed by atoms with Crippen LogP contribution in [0.25, 0.3) is 0 Å². The van der Waals surface area contributed by atoms with Gasteiger partial charge in [-0.1, -0.05) is 20.8 Å². The van der Waals surface area contributed by atoms with Crippen LogP contribution in [0.4, 0.5) is 0 Å². The van der Waals surface area contributed by atoms with Gasteiger partial charge >= 0.3 is 0 Å². The van der Waals surface area contributed by atoms with E-state index in [1.54, 1.807) is 0 Å². The first-order valence-corrected chi connectivity index (χ1v) is 3.71. The van der Waals surface area contributed by atoms with Crippen LogP contribution in [0.15, 0.2) is 0 Å².